The second-order valence-electron chi connectivity index (χ2n) is 4.78. The molecule has 1 heterocycles. The summed E-state index contributed by atoms with van der Waals surface area (Å²) in [5, 5.41) is 3.09. The molecule has 0 aliphatic carbocycles. The number of allylic oxidation sites excluding steroid dienone is 3. The molecule has 1 aromatic rings. The van der Waals surface area contributed by atoms with Gasteiger partial charge in [0, 0.05) is 23.6 Å². The van der Waals surface area contributed by atoms with Gasteiger partial charge < -0.3 is 10.2 Å². The average molecular weight is 277 g/mol. The Bertz CT molecular complexity index is 593. The highest BCUT2D eigenvalue weighted by Crippen LogP contribution is 2.28. The first-order valence-corrected chi connectivity index (χ1v) is 6.84. The molecule has 1 aromatic carbocycles. The largest absolute Gasteiger partial charge is 0.354 e. The third kappa shape index (κ3) is 3.51. The van der Waals surface area contributed by atoms with Crippen molar-refractivity contribution in [2.75, 3.05) is 16.8 Å². The zero-order chi connectivity index (χ0) is 15.2. The van der Waals surface area contributed by atoms with Crippen molar-refractivity contribution in [3.05, 3.63) is 73.2 Å². The standard InChI is InChI=1S/C18H19N3/c1-5-7-18(19-4)15(3)20-16-9-11-17(12-10-16)21-13-6-8-14(21)2/h2-3,5,7,9-12,20H,1,4,6,8,13H2/b14-2?,15-3?,18-7-. The van der Waals surface area contributed by atoms with Crippen LogP contribution >= 0.6 is 0 Å². The molecular weight excluding hydrogens is 258 g/mol. The molecule has 0 unspecified atom stereocenters. The van der Waals surface area contributed by atoms with Gasteiger partial charge in [0.25, 0.3) is 0 Å². The molecule has 0 saturated carbocycles. The molecule has 2 radical (unpaired) electrons. The van der Waals surface area contributed by atoms with Crippen LogP contribution in [0.3, 0.4) is 0 Å². The molecule has 106 valence electrons. The number of hydrogen-bond acceptors (Lipinski definition) is 3. The third-order valence-corrected chi connectivity index (χ3v) is 3.34. The molecular formula is C18H19N3. The van der Waals surface area contributed by atoms with Crippen LogP contribution in [0.2, 0.25) is 0 Å². The highest BCUT2D eigenvalue weighted by atomic mass is 15.2. The lowest BCUT2D eigenvalue weighted by Crippen LogP contribution is -2.15. The molecule has 0 aromatic heterocycles. The second-order valence-corrected chi connectivity index (χ2v) is 4.78. The molecule has 0 atom stereocenters. The van der Waals surface area contributed by atoms with E-state index in [4.69, 9.17) is 13.2 Å². The van der Waals surface area contributed by atoms with Gasteiger partial charge in [0.2, 0.25) is 0 Å². The van der Waals surface area contributed by atoms with Crippen LogP contribution in [0.1, 0.15) is 12.8 Å². The number of nitrogens with zero attached hydrogens (tertiary/aromatic N) is 2. The normalized spacial score (nSPS) is 15.0. The van der Waals surface area contributed by atoms with E-state index < -0.39 is 0 Å². The predicted molar refractivity (Wildman–Crippen MR) is 90.1 cm³/mol. The van der Waals surface area contributed by atoms with E-state index in [-0.39, 0.29) is 0 Å². The van der Waals surface area contributed by atoms with Crippen molar-refractivity contribution in [2.45, 2.75) is 12.8 Å². The number of aliphatic imine (C=N–C) groups is 1. The van der Waals surface area contributed by atoms with Gasteiger partial charge in [-0.3, -0.25) is 4.99 Å². The van der Waals surface area contributed by atoms with E-state index in [1.54, 1.807) is 12.2 Å². The Labute approximate surface area is 126 Å². The van der Waals surface area contributed by atoms with Crippen LogP contribution in [-0.2, 0) is 0 Å². The molecule has 3 nitrogen and oxygen atoms in total. The molecule has 1 aliphatic rings. The van der Waals surface area contributed by atoms with Crippen molar-refractivity contribution in [2.24, 2.45) is 4.99 Å². The van der Waals surface area contributed by atoms with Crippen molar-refractivity contribution in [3.8, 4) is 0 Å². The quantitative estimate of drug-likeness (QED) is 0.626. The molecule has 1 aliphatic heterocycles. The summed E-state index contributed by atoms with van der Waals surface area (Å²) < 4.78 is 0. The van der Waals surface area contributed by atoms with Gasteiger partial charge in [-0.25, -0.2) is 0 Å². The van der Waals surface area contributed by atoms with Gasteiger partial charge >= 0.3 is 0 Å². The lowest BCUT2D eigenvalue weighted by molar-refractivity contribution is 0.956. The smallest absolute Gasteiger partial charge is 0.0856 e. The summed E-state index contributed by atoms with van der Waals surface area (Å²) in [5.74, 6) is 0. The molecule has 1 saturated heterocycles. The first kappa shape index (κ1) is 14.9. The Balaban J connectivity index is 2.07. The van der Waals surface area contributed by atoms with Gasteiger partial charge in [-0.05, 0) is 63.1 Å². The van der Waals surface area contributed by atoms with Crippen molar-refractivity contribution in [3.63, 3.8) is 0 Å². The van der Waals surface area contributed by atoms with E-state index in [0.29, 0.717) is 11.4 Å². The Kier molecular flexibility index (Phi) is 4.77. The van der Waals surface area contributed by atoms with Crippen LogP contribution in [-0.4, -0.2) is 13.3 Å². The van der Waals surface area contributed by atoms with Gasteiger partial charge in [-0.2, -0.15) is 0 Å². The number of rotatable bonds is 6. The summed E-state index contributed by atoms with van der Waals surface area (Å²) in [7, 11) is 0. The molecule has 3 heteroatoms. The SMILES string of the molecule is [CH]=C(Nc1ccc(N2CCCC2=[CH])cc1)/C(=C/C=C)N=C. The Morgan fingerprint density at radius 1 is 1.33 bits per heavy atom. The van der Waals surface area contributed by atoms with Gasteiger partial charge in [0.15, 0.2) is 0 Å². The van der Waals surface area contributed by atoms with E-state index in [2.05, 4.69) is 28.5 Å². The highest BCUT2D eigenvalue weighted by molar-refractivity contribution is 5.61. The minimum absolute atomic E-state index is 0.435. The van der Waals surface area contributed by atoms with Crippen LogP contribution in [0.15, 0.2) is 65.1 Å². The first-order valence-electron chi connectivity index (χ1n) is 6.84. The van der Waals surface area contributed by atoms with Crippen molar-refractivity contribution < 1.29 is 0 Å². The molecule has 0 spiro atoms. The van der Waals surface area contributed by atoms with Crippen molar-refractivity contribution >= 4 is 18.1 Å². The minimum atomic E-state index is 0.435. The summed E-state index contributed by atoms with van der Waals surface area (Å²) in [6.45, 7) is 20.0. The topological polar surface area (TPSA) is 27.6 Å². The monoisotopic (exact) mass is 277 g/mol. The fraction of sp³-hybridized carbons (Fsp3) is 0.167. The molecule has 0 amide bonds. The van der Waals surface area contributed by atoms with E-state index >= 15 is 0 Å². The average Bonchev–Trinajstić information content (AvgIpc) is 2.91. The first-order chi connectivity index (χ1) is 10.2. The maximum absolute atomic E-state index is 5.99. The summed E-state index contributed by atoms with van der Waals surface area (Å²) >= 11 is 0. The Morgan fingerprint density at radius 2 is 2.05 bits per heavy atom. The number of nitrogens with one attached hydrogen (secondary N) is 1. The molecule has 21 heavy (non-hydrogen) atoms. The summed E-state index contributed by atoms with van der Waals surface area (Å²) in [4.78, 5) is 5.98. The lowest BCUT2D eigenvalue weighted by atomic mass is 10.2. The zero-order valence-corrected chi connectivity index (χ0v) is 12.0. The van der Waals surface area contributed by atoms with Crippen LogP contribution in [0.4, 0.5) is 11.4 Å². The van der Waals surface area contributed by atoms with Crippen molar-refractivity contribution in [1.82, 2.24) is 0 Å². The maximum Gasteiger partial charge on any atom is 0.0856 e. The number of anilines is 2. The van der Waals surface area contributed by atoms with Gasteiger partial charge in [-0.1, -0.05) is 12.7 Å². The van der Waals surface area contributed by atoms with Crippen molar-refractivity contribution in [1.29, 1.82) is 0 Å². The summed E-state index contributed by atoms with van der Waals surface area (Å²) in [6, 6.07) is 7.96. The predicted octanol–water partition coefficient (Wildman–Crippen LogP) is 4.10. The summed E-state index contributed by atoms with van der Waals surface area (Å²) in [5.41, 5.74) is 3.90. The van der Waals surface area contributed by atoms with Crippen LogP contribution in [0.25, 0.3) is 0 Å². The van der Waals surface area contributed by atoms with E-state index in [9.17, 15) is 0 Å². The van der Waals surface area contributed by atoms with E-state index in [1.807, 2.05) is 24.3 Å². The fourth-order valence-electron chi connectivity index (χ4n) is 2.28. The number of hydrogen-bond donors (Lipinski definition) is 1. The molecule has 0 bridgehead atoms. The van der Waals surface area contributed by atoms with Crippen LogP contribution in [0.5, 0.6) is 0 Å². The zero-order valence-electron chi connectivity index (χ0n) is 12.0. The van der Waals surface area contributed by atoms with Gasteiger partial charge in [0.05, 0.1) is 11.4 Å². The molecule has 2 rings (SSSR count). The second kappa shape index (κ2) is 6.75. The molecule has 1 fully saturated rings. The van der Waals surface area contributed by atoms with Gasteiger partial charge in [-0.15, -0.1) is 0 Å². The summed E-state index contributed by atoms with van der Waals surface area (Å²) in [6.07, 6.45) is 5.38. The van der Waals surface area contributed by atoms with Crippen LogP contribution in [0, 0.1) is 13.2 Å². The third-order valence-electron chi connectivity index (χ3n) is 3.34. The lowest BCUT2D eigenvalue weighted by Gasteiger charge is -2.19. The van der Waals surface area contributed by atoms with Crippen LogP contribution < -0.4 is 10.2 Å². The maximum atomic E-state index is 5.99. The number of benzene rings is 1. The Hall–Kier alpha value is -2.55. The van der Waals surface area contributed by atoms with E-state index in [1.165, 1.54) is 0 Å². The van der Waals surface area contributed by atoms with E-state index in [0.717, 1.165) is 36.5 Å². The van der Waals surface area contributed by atoms with Gasteiger partial charge in [0.1, 0.15) is 0 Å². The molecule has 1 N–H and O–H groups in total. The highest BCUT2D eigenvalue weighted by Gasteiger charge is 2.16. The minimum Gasteiger partial charge on any atom is -0.354 e. The fourth-order valence-corrected chi connectivity index (χ4v) is 2.28. The Morgan fingerprint density at radius 3 is 2.57 bits per heavy atom.